The van der Waals surface area contributed by atoms with Gasteiger partial charge in [-0.2, -0.15) is 0 Å². The van der Waals surface area contributed by atoms with Gasteiger partial charge in [-0.15, -0.1) is 11.3 Å². The Bertz CT molecular complexity index is 516. The first kappa shape index (κ1) is 12.8. The lowest BCUT2D eigenvalue weighted by Crippen LogP contribution is -2.26. The summed E-state index contributed by atoms with van der Waals surface area (Å²) in [4.78, 5) is 2.64. The predicted molar refractivity (Wildman–Crippen MR) is 79.5 cm³/mol. The highest BCUT2D eigenvalue weighted by Crippen LogP contribution is 2.35. The summed E-state index contributed by atoms with van der Waals surface area (Å²) in [6.07, 6.45) is 0. The monoisotopic (exact) mass is 309 g/mol. The van der Waals surface area contributed by atoms with Crippen LogP contribution in [-0.4, -0.2) is 6.54 Å². The molecule has 0 aliphatic rings. The van der Waals surface area contributed by atoms with Gasteiger partial charge in [0.25, 0.3) is 0 Å². The van der Waals surface area contributed by atoms with Crippen LogP contribution in [0.2, 0.25) is 0 Å². The smallest absolute Gasteiger partial charge is 0.0346 e. The number of thiophene rings is 1. The van der Waals surface area contributed by atoms with Crippen molar-refractivity contribution in [3.8, 4) is 10.4 Å². The van der Waals surface area contributed by atoms with E-state index in [9.17, 15) is 0 Å². The first-order valence-electron chi connectivity index (χ1n) is 5.59. The van der Waals surface area contributed by atoms with Crippen molar-refractivity contribution in [3.63, 3.8) is 0 Å². The summed E-state index contributed by atoms with van der Waals surface area (Å²) < 4.78 is 1.11. The second-order valence-corrected chi connectivity index (χ2v) is 6.76. The summed E-state index contributed by atoms with van der Waals surface area (Å²) in [6, 6.07) is 12.8. The van der Waals surface area contributed by atoms with Gasteiger partial charge in [0.05, 0.1) is 0 Å². The van der Waals surface area contributed by atoms with Crippen molar-refractivity contribution in [2.24, 2.45) is 5.73 Å². The third kappa shape index (κ3) is 2.79. The zero-order chi connectivity index (χ0) is 12.5. The van der Waals surface area contributed by atoms with Crippen molar-refractivity contribution in [1.29, 1.82) is 0 Å². The molecule has 90 valence electrons. The van der Waals surface area contributed by atoms with Gasteiger partial charge in [0, 0.05) is 26.2 Å². The lowest BCUT2D eigenvalue weighted by atomic mass is 9.92. The molecule has 1 aromatic heterocycles. The molecule has 0 spiro atoms. The standard InChI is InChI=1S/C14H16BrNS/c1-14(2,9-16)13-7-6-12(17-13)10-4-3-5-11(15)8-10/h3-8H,9,16H2,1-2H3. The zero-order valence-electron chi connectivity index (χ0n) is 10.0. The van der Waals surface area contributed by atoms with Crippen LogP contribution in [0.3, 0.4) is 0 Å². The quantitative estimate of drug-likeness (QED) is 0.892. The molecule has 1 nitrogen and oxygen atoms in total. The van der Waals surface area contributed by atoms with Crippen LogP contribution in [0.1, 0.15) is 18.7 Å². The van der Waals surface area contributed by atoms with E-state index in [2.05, 4.69) is 60.1 Å². The minimum atomic E-state index is 0.0644. The van der Waals surface area contributed by atoms with E-state index in [1.54, 1.807) is 0 Å². The van der Waals surface area contributed by atoms with Crippen molar-refractivity contribution in [1.82, 2.24) is 0 Å². The van der Waals surface area contributed by atoms with E-state index in [0.717, 1.165) is 4.47 Å². The molecule has 1 heterocycles. The lowest BCUT2D eigenvalue weighted by Gasteiger charge is -2.20. The molecule has 0 aliphatic carbocycles. The van der Waals surface area contributed by atoms with Crippen molar-refractivity contribution in [2.75, 3.05) is 6.54 Å². The second-order valence-electron chi connectivity index (χ2n) is 4.76. The SMILES string of the molecule is CC(C)(CN)c1ccc(-c2cccc(Br)c2)s1. The Hall–Kier alpha value is -0.640. The first-order chi connectivity index (χ1) is 8.03. The summed E-state index contributed by atoms with van der Waals surface area (Å²) in [5.74, 6) is 0. The number of nitrogens with two attached hydrogens (primary N) is 1. The van der Waals surface area contributed by atoms with Gasteiger partial charge in [-0.3, -0.25) is 0 Å². The van der Waals surface area contributed by atoms with Crippen molar-refractivity contribution in [3.05, 3.63) is 45.7 Å². The Morgan fingerprint density at radius 1 is 1.24 bits per heavy atom. The molecule has 0 radical (unpaired) electrons. The average Bonchev–Trinajstić information content (AvgIpc) is 2.79. The Morgan fingerprint density at radius 3 is 2.65 bits per heavy atom. The second kappa shape index (κ2) is 4.92. The summed E-state index contributed by atoms with van der Waals surface area (Å²) in [7, 11) is 0. The van der Waals surface area contributed by atoms with E-state index in [-0.39, 0.29) is 5.41 Å². The molecule has 0 aliphatic heterocycles. The fourth-order valence-corrected chi connectivity index (χ4v) is 3.11. The van der Waals surface area contributed by atoms with Gasteiger partial charge in [-0.05, 0) is 29.8 Å². The van der Waals surface area contributed by atoms with E-state index in [4.69, 9.17) is 5.73 Å². The molecule has 2 aromatic rings. The molecular weight excluding hydrogens is 294 g/mol. The number of hydrogen-bond acceptors (Lipinski definition) is 2. The third-order valence-electron chi connectivity index (χ3n) is 2.89. The summed E-state index contributed by atoms with van der Waals surface area (Å²) in [6.45, 7) is 5.04. The Labute approximate surface area is 115 Å². The molecule has 0 amide bonds. The maximum absolute atomic E-state index is 5.81. The van der Waals surface area contributed by atoms with Crippen LogP contribution in [0.15, 0.2) is 40.9 Å². The molecule has 0 fully saturated rings. The van der Waals surface area contributed by atoms with Crippen LogP contribution in [-0.2, 0) is 5.41 Å². The highest BCUT2D eigenvalue weighted by Gasteiger charge is 2.20. The highest BCUT2D eigenvalue weighted by atomic mass is 79.9. The molecule has 2 rings (SSSR count). The molecular formula is C14H16BrNS. The van der Waals surface area contributed by atoms with E-state index < -0.39 is 0 Å². The number of rotatable bonds is 3. The number of hydrogen-bond donors (Lipinski definition) is 1. The van der Waals surface area contributed by atoms with Crippen molar-refractivity contribution in [2.45, 2.75) is 19.3 Å². The molecule has 3 heteroatoms. The Morgan fingerprint density at radius 2 is 2.00 bits per heavy atom. The fourth-order valence-electron chi connectivity index (χ4n) is 1.60. The largest absolute Gasteiger partial charge is 0.330 e. The van der Waals surface area contributed by atoms with Crippen LogP contribution >= 0.6 is 27.3 Å². The molecule has 0 bridgehead atoms. The minimum Gasteiger partial charge on any atom is -0.330 e. The molecule has 0 unspecified atom stereocenters. The van der Waals surface area contributed by atoms with Gasteiger partial charge >= 0.3 is 0 Å². The molecule has 17 heavy (non-hydrogen) atoms. The molecule has 0 atom stereocenters. The maximum atomic E-state index is 5.81. The van der Waals surface area contributed by atoms with Gasteiger partial charge in [-0.1, -0.05) is 41.9 Å². The van der Waals surface area contributed by atoms with E-state index in [1.165, 1.54) is 15.3 Å². The van der Waals surface area contributed by atoms with Crippen molar-refractivity contribution >= 4 is 27.3 Å². The first-order valence-corrected chi connectivity index (χ1v) is 7.20. The zero-order valence-corrected chi connectivity index (χ0v) is 12.4. The number of halogens is 1. The van der Waals surface area contributed by atoms with Crippen LogP contribution in [0.4, 0.5) is 0 Å². The third-order valence-corrected chi connectivity index (χ3v) is 4.89. The van der Waals surface area contributed by atoms with Gasteiger partial charge in [0.1, 0.15) is 0 Å². The van der Waals surface area contributed by atoms with Gasteiger partial charge in [0.2, 0.25) is 0 Å². The van der Waals surface area contributed by atoms with E-state index in [1.807, 2.05) is 17.4 Å². The highest BCUT2D eigenvalue weighted by molar-refractivity contribution is 9.10. The van der Waals surface area contributed by atoms with Gasteiger partial charge in [-0.25, -0.2) is 0 Å². The van der Waals surface area contributed by atoms with Gasteiger partial charge < -0.3 is 5.73 Å². The molecule has 0 saturated carbocycles. The Balaban J connectivity index is 2.36. The maximum Gasteiger partial charge on any atom is 0.0346 e. The van der Waals surface area contributed by atoms with Crippen LogP contribution in [0.25, 0.3) is 10.4 Å². The average molecular weight is 310 g/mol. The topological polar surface area (TPSA) is 26.0 Å². The lowest BCUT2D eigenvalue weighted by molar-refractivity contribution is 0.550. The molecule has 1 aromatic carbocycles. The molecule has 2 N–H and O–H groups in total. The van der Waals surface area contributed by atoms with Crippen molar-refractivity contribution < 1.29 is 0 Å². The van der Waals surface area contributed by atoms with E-state index in [0.29, 0.717) is 6.54 Å². The number of benzene rings is 1. The predicted octanol–water partition coefficient (Wildman–Crippen LogP) is 4.41. The van der Waals surface area contributed by atoms with Gasteiger partial charge in [0.15, 0.2) is 0 Å². The minimum absolute atomic E-state index is 0.0644. The van der Waals surface area contributed by atoms with Crippen LogP contribution in [0.5, 0.6) is 0 Å². The Kier molecular flexibility index (Phi) is 3.71. The summed E-state index contributed by atoms with van der Waals surface area (Å²) in [5, 5.41) is 0. The van der Waals surface area contributed by atoms with E-state index >= 15 is 0 Å². The normalized spacial score (nSPS) is 11.8. The van der Waals surface area contributed by atoms with Crippen LogP contribution in [0, 0.1) is 0 Å². The molecule has 0 saturated heterocycles. The summed E-state index contributed by atoms with van der Waals surface area (Å²) in [5.41, 5.74) is 7.13. The summed E-state index contributed by atoms with van der Waals surface area (Å²) >= 11 is 5.33. The van der Waals surface area contributed by atoms with Crippen LogP contribution < -0.4 is 5.73 Å². The fraction of sp³-hybridized carbons (Fsp3) is 0.286.